The van der Waals surface area contributed by atoms with E-state index in [1.807, 2.05) is 0 Å². The van der Waals surface area contributed by atoms with Crippen molar-refractivity contribution in [2.24, 2.45) is 0 Å². The number of fused-ring (bicyclic) bond motifs is 21. The zero-order chi connectivity index (χ0) is 40.2. The Kier molecular flexibility index (Phi) is 6.39. The van der Waals surface area contributed by atoms with E-state index >= 15 is 0 Å². The molecule has 0 atom stereocenters. The summed E-state index contributed by atoms with van der Waals surface area (Å²) in [4.78, 5) is 2.53. The number of benzene rings is 9. The lowest BCUT2D eigenvalue weighted by atomic mass is 9.61. The summed E-state index contributed by atoms with van der Waals surface area (Å²) in [6, 6.07) is 70.4. The first-order valence-corrected chi connectivity index (χ1v) is 23.2. The molecule has 1 aromatic heterocycles. The van der Waals surface area contributed by atoms with Crippen molar-refractivity contribution in [1.82, 2.24) is 0 Å². The molecular formula is C57H37NO2Si. The minimum atomic E-state index is -2.75. The van der Waals surface area contributed by atoms with Crippen molar-refractivity contribution in [3.05, 3.63) is 221 Å². The van der Waals surface area contributed by atoms with Crippen molar-refractivity contribution in [2.45, 2.75) is 19.3 Å². The average Bonchev–Trinajstić information content (AvgIpc) is 3.91. The summed E-state index contributed by atoms with van der Waals surface area (Å²) in [6.45, 7) is 4.50. The highest BCUT2D eigenvalue weighted by molar-refractivity contribution is 7.24. The van der Waals surface area contributed by atoms with Crippen molar-refractivity contribution in [1.29, 1.82) is 0 Å². The van der Waals surface area contributed by atoms with Crippen LogP contribution >= 0.6 is 0 Å². The van der Waals surface area contributed by atoms with Crippen molar-refractivity contribution < 1.29 is 9.15 Å². The van der Waals surface area contributed by atoms with E-state index in [-0.39, 0.29) is 0 Å². The fraction of sp³-hybridized carbons (Fsp3) is 0.0526. The Bertz CT molecular complexity index is 3480. The summed E-state index contributed by atoms with van der Waals surface area (Å²) in [6.07, 6.45) is 0. The maximum absolute atomic E-state index is 6.77. The van der Waals surface area contributed by atoms with Crippen LogP contribution in [-0.2, 0) is 5.41 Å². The minimum absolute atomic E-state index is 0.679. The lowest BCUT2D eigenvalue weighted by molar-refractivity contribution is 0.434. The van der Waals surface area contributed by atoms with Gasteiger partial charge in [0.25, 0.3) is 0 Å². The van der Waals surface area contributed by atoms with E-state index in [4.69, 9.17) is 9.15 Å². The van der Waals surface area contributed by atoms with Crippen LogP contribution in [0.15, 0.2) is 192 Å². The topological polar surface area (TPSA) is 25.6 Å². The summed E-state index contributed by atoms with van der Waals surface area (Å²) < 4.78 is 13.5. The van der Waals surface area contributed by atoms with Crippen molar-refractivity contribution in [3.63, 3.8) is 0 Å². The van der Waals surface area contributed by atoms with Gasteiger partial charge in [-0.15, -0.1) is 0 Å². The number of hydrogen-bond acceptors (Lipinski definition) is 3. The van der Waals surface area contributed by atoms with Crippen LogP contribution in [0, 0.1) is 13.8 Å². The largest absolute Gasteiger partial charge is 0.457 e. The number of para-hydroxylation sites is 4. The summed E-state index contributed by atoms with van der Waals surface area (Å²) in [5.74, 6) is 1.75. The Morgan fingerprint density at radius 3 is 1.72 bits per heavy atom. The first-order chi connectivity index (χ1) is 30.0. The second-order valence-electron chi connectivity index (χ2n) is 17.3. The number of nitrogens with zero attached hydrogens (tertiary/aromatic N) is 1. The summed E-state index contributed by atoms with van der Waals surface area (Å²) in [5.41, 5.74) is 17.2. The van der Waals surface area contributed by atoms with Gasteiger partial charge in [0.15, 0.2) is 8.07 Å². The molecule has 10 aromatic rings. The molecule has 286 valence electrons. The van der Waals surface area contributed by atoms with Gasteiger partial charge in [0, 0.05) is 33.7 Å². The Hall–Kier alpha value is -7.40. The highest BCUT2D eigenvalue weighted by atomic mass is 28.3. The van der Waals surface area contributed by atoms with Crippen LogP contribution in [-0.4, -0.2) is 8.07 Å². The van der Waals surface area contributed by atoms with Crippen molar-refractivity contribution >= 4 is 67.8 Å². The average molecular weight is 796 g/mol. The summed E-state index contributed by atoms with van der Waals surface area (Å²) in [7, 11) is -2.75. The van der Waals surface area contributed by atoms with Gasteiger partial charge in [-0.3, -0.25) is 0 Å². The number of ether oxygens (including phenoxy) is 1. The lowest BCUT2D eigenvalue weighted by Crippen LogP contribution is -2.70. The van der Waals surface area contributed by atoms with Gasteiger partial charge in [-0.05, 0) is 110 Å². The molecule has 0 bridgehead atoms. The molecule has 0 saturated carbocycles. The van der Waals surface area contributed by atoms with Gasteiger partial charge in [-0.2, -0.15) is 0 Å². The standard InChI is InChI=1S/C57H37NO2Si/c1-34-23-26-39-40-27-24-35(2)30-55(40)61(54(39)29-34)53-22-12-4-14-38(53)41-28-25-36(31-56(41)61)58-47-18-8-5-15-43(47)57(44-16-6-10-20-50(44)60-51-21-11-7-17-45(51)57)46-32-42-37-13-3-9-19-49(37)59-52(42)33-48(46)58/h3-33H,1-2H3. The second kappa shape index (κ2) is 11.7. The number of hydrogen-bond donors (Lipinski definition) is 0. The molecule has 61 heavy (non-hydrogen) atoms. The molecule has 0 N–H and O–H groups in total. The predicted octanol–water partition coefficient (Wildman–Crippen LogP) is 11.8. The Labute approximate surface area is 354 Å². The van der Waals surface area contributed by atoms with Gasteiger partial charge in [-0.1, -0.05) is 151 Å². The first kappa shape index (κ1) is 33.4. The highest BCUT2D eigenvalue weighted by Gasteiger charge is 2.55. The van der Waals surface area contributed by atoms with E-state index in [0.29, 0.717) is 0 Å². The van der Waals surface area contributed by atoms with Crippen LogP contribution in [0.2, 0.25) is 0 Å². The number of furan rings is 1. The van der Waals surface area contributed by atoms with E-state index in [1.54, 1.807) is 0 Å². The molecule has 0 saturated heterocycles. The fourth-order valence-corrected chi connectivity index (χ4v) is 17.7. The third kappa shape index (κ3) is 4.04. The van der Waals surface area contributed by atoms with E-state index in [9.17, 15) is 0 Å². The van der Waals surface area contributed by atoms with Crippen LogP contribution in [0.25, 0.3) is 44.2 Å². The number of aryl methyl sites for hydroxylation is 2. The van der Waals surface area contributed by atoms with Gasteiger partial charge in [-0.25, -0.2) is 0 Å². The monoisotopic (exact) mass is 795 g/mol. The zero-order valence-corrected chi connectivity index (χ0v) is 34.7. The SMILES string of the molecule is Cc1ccc2c(c1)[Si]1(c3ccccc3-c3ccc(N4c5ccccc5C5(c6ccccc6Oc6ccccc65)c5cc6c(cc54)oc4ccccc46)cc31)c1cc(C)ccc1-2. The van der Waals surface area contributed by atoms with Gasteiger partial charge in [0.2, 0.25) is 0 Å². The van der Waals surface area contributed by atoms with Crippen molar-refractivity contribution in [2.75, 3.05) is 4.90 Å². The number of anilines is 3. The smallest absolute Gasteiger partial charge is 0.182 e. The minimum Gasteiger partial charge on any atom is -0.457 e. The van der Waals surface area contributed by atoms with Crippen LogP contribution in [0.1, 0.15) is 33.4 Å². The van der Waals surface area contributed by atoms with Gasteiger partial charge in [0.1, 0.15) is 22.7 Å². The molecule has 5 heterocycles. The first-order valence-electron chi connectivity index (χ1n) is 21.2. The number of rotatable bonds is 1. The molecule has 4 heteroatoms. The molecule has 9 aromatic carbocycles. The normalized spacial score (nSPS) is 15.1. The van der Waals surface area contributed by atoms with Crippen LogP contribution < -0.4 is 30.4 Å². The van der Waals surface area contributed by atoms with E-state index in [0.717, 1.165) is 61.6 Å². The highest BCUT2D eigenvalue weighted by Crippen LogP contribution is 2.63. The third-order valence-electron chi connectivity index (χ3n) is 14.2. The Morgan fingerprint density at radius 1 is 0.410 bits per heavy atom. The van der Waals surface area contributed by atoms with Gasteiger partial charge in [0.05, 0.1) is 16.8 Å². The molecule has 0 unspecified atom stereocenters. The summed E-state index contributed by atoms with van der Waals surface area (Å²) >= 11 is 0. The van der Waals surface area contributed by atoms with Crippen LogP contribution in [0.3, 0.4) is 0 Å². The molecule has 2 spiro atoms. The van der Waals surface area contributed by atoms with E-state index in [1.165, 1.54) is 65.3 Å². The molecule has 4 aliphatic rings. The zero-order valence-electron chi connectivity index (χ0n) is 33.7. The molecule has 0 fully saturated rings. The van der Waals surface area contributed by atoms with E-state index < -0.39 is 13.5 Å². The Morgan fingerprint density at radius 2 is 0.984 bits per heavy atom. The van der Waals surface area contributed by atoms with Gasteiger partial charge < -0.3 is 14.1 Å². The molecule has 3 nitrogen and oxygen atoms in total. The molecule has 0 aliphatic carbocycles. The van der Waals surface area contributed by atoms with Crippen LogP contribution in [0.5, 0.6) is 11.5 Å². The predicted molar refractivity (Wildman–Crippen MR) is 251 cm³/mol. The molecule has 0 amide bonds. The molecule has 14 rings (SSSR count). The second-order valence-corrected chi connectivity index (χ2v) is 20.9. The Balaban J connectivity index is 1.11. The lowest BCUT2D eigenvalue weighted by Gasteiger charge is -2.48. The molecular weight excluding hydrogens is 759 g/mol. The summed E-state index contributed by atoms with van der Waals surface area (Å²) in [5, 5.41) is 8.14. The van der Waals surface area contributed by atoms with Crippen molar-refractivity contribution in [3.8, 4) is 33.8 Å². The maximum Gasteiger partial charge on any atom is 0.182 e. The third-order valence-corrected chi connectivity index (χ3v) is 19.1. The van der Waals surface area contributed by atoms with E-state index in [2.05, 4.69) is 207 Å². The molecule has 4 aliphatic heterocycles. The van der Waals surface area contributed by atoms with Gasteiger partial charge >= 0.3 is 0 Å². The fourth-order valence-electron chi connectivity index (χ4n) is 11.9. The quantitative estimate of drug-likeness (QED) is 0.155. The maximum atomic E-state index is 6.77. The van der Waals surface area contributed by atoms with Crippen LogP contribution in [0.4, 0.5) is 17.1 Å². The molecule has 0 radical (unpaired) electrons.